The predicted molar refractivity (Wildman–Crippen MR) is 309 cm³/mol. The molecule has 5 N–H and O–H groups in total. The number of nitrogens with one attached hydrogen (secondary N) is 3. The van der Waals surface area contributed by atoms with Gasteiger partial charge >= 0.3 is 6.01 Å². The number of amides is 2. The number of nitrogens with zero attached hydrogens (tertiary/aromatic N) is 10. The van der Waals surface area contributed by atoms with E-state index in [1.165, 1.54) is 15.8 Å². The summed E-state index contributed by atoms with van der Waals surface area (Å²) in [4.78, 5) is 42.5. The number of aromatic amines is 1. The number of fused-ring (bicyclic) bond motifs is 2. The van der Waals surface area contributed by atoms with Gasteiger partial charge in [0.05, 0.1) is 42.4 Å². The first-order chi connectivity index (χ1) is 40.0. The van der Waals surface area contributed by atoms with Gasteiger partial charge in [0.1, 0.15) is 47.8 Å². The molecule has 11 rings (SSSR count). The number of rotatable bonds is 21. The summed E-state index contributed by atoms with van der Waals surface area (Å²) in [7, 11) is 3.62. The van der Waals surface area contributed by atoms with E-state index in [1.807, 2.05) is 94.0 Å². The molecule has 0 bridgehead atoms. The average molecular weight is 1140 g/mol. The minimum atomic E-state index is -1.01. The van der Waals surface area contributed by atoms with E-state index in [9.17, 15) is 19.8 Å². The topological polar surface area (TPSA) is 236 Å². The molecular formula is C61H71F2N13O7. The zero-order valence-electron chi connectivity index (χ0n) is 47.9. The Bertz CT molecular complexity index is 3650. The van der Waals surface area contributed by atoms with Gasteiger partial charge in [-0.3, -0.25) is 19.4 Å². The number of ether oxygens (including phenoxy) is 3. The van der Waals surface area contributed by atoms with Crippen LogP contribution in [0.1, 0.15) is 101 Å². The molecule has 4 aromatic heterocycles. The standard InChI is InChI=1S/C61H71F2N13O7/c1-9-75-47(21-23-66-75)39-16-18-40(19-17-39)53(35(6)77)67-59(79)48-24-42(78)28-74(48)60(80)56(32(2)3)76-29-46(70-72-76)38-12-10-36(11-13-38)31-82-57-50(49-34(5)51(62)52(63)54-45(49)27-65-71-54)43(37-14-15-37)25-44-55(57)68-61(83-30-33(4)81-8)69-58(44)73(7)41-20-22-64-26-41/h10-13,16-19,21,23,25,27,29,32-33,35,37,41-42,48,53,56,64,77-78H,9,14-15,20,22,24,26,28,30-31H2,1-8H3,(H,65,71)(H,67,79)/t33-,35-,41-,42+,48-,53-,56-/m0/s1. The maximum atomic E-state index is 16.1. The van der Waals surface area contributed by atoms with Crippen molar-refractivity contribution in [2.75, 3.05) is 45.3 Å². The number of likely N-dealkylation sites (tertiary alicyclic amines) is 1. The summed E-state index contributed by atoms with van der Waals surface area (Å²) in [6.07, 6.45) is 5.45. The van der Waals surface area contributed by atoms with Crippen molar-refractivity contribution in [2.24, 2.45) is 5.92 Å². The highest BCUT2D eigenvalue weighted by Crippen LogP contribution is 2.53. The minimum absolute atomic E-state index is 0.0177. The maximum absolute atomic E-state index is 16.1. The Hall–Kier alpha value is -7.92. The number of carbonyl (C=O) groups excluding carboxylic acids is 2. The van der Waals surface area contributed by atoms with Crippen LogP contribution in [-0.2, 0) is 27.5 Å². The van der Waals surface area contributed by atoms with Crippen LogP contribution < -0.4 is 25.0 Å². The molecule has 1 aliphatic carbocycles. The van der Waals surface area contributed by atoms with Crippen molar-refractivity contribution in [1.82, 2.24) is 60.5 Å². The van der Waals surface area contributed by atoms with Crippen molar-refractivity contribution < 1.29 is 42.8 Å². The Balaban J connectivity index is 0.876. The van der Waals surface area contributed by atoms with Crippen LogP contribution in [0.2, 0.25) is 0 Å². The van der Waals surface area contributed by atoms with Crippen LogP contribution in [0.5, 0.6) is 11.8 Å². The van der Waals surface area contributed by atoms with Crippen LogP contribution in [0.4, 0.5) is 14.6 Å². The summed E-state index contributed by atoms with van der Waals surface area (Å²) in [6, 6.07) is 16.7. The van der Waals surface area contributed by atoms with E-state index in [-0.39, 0.29) is 67.3 Å². The molecule has 3 aliphatic rings. The normalized spacial score (nSPS) is 18.7. The Kier molecular flexibility index (Phi) is 16.3. The number of likely N-dealkylation sites (N-methyl/N-ethyl adjacent to an activating group) is 1. The van der Waals surface area contributed by atoms with Crippen molar-refractivity contribution in [3.63, 3.8) is 0 Å². The van der Waals surface area contributed by atoms with Crippen LogP contribution >= 0.6 is 0 Å². The van der Waals surface area contributed by atoms with Gasteiger partial charge in [-0.1, -0.05) is 67.6 Å². The summed E-state index contributed by atoms with van der Waals surface area (Å²) in [6.45, 7) is 13.3. The van der Waals surface area contributed by atoms with E-state index >= 15 is 8.78 Å². The Morgan fingerprint density at radius 1 is 0.952 bits per heavy atom. The summed E-state index contributed by atoms with van der Waals surface area (Å²) >= 11 is 0. The van der Waals surface area contributed by atoms with Crippen LogP contribution in [-0.4, -0.2) is 143 Å². The molecule has 4 aromatic carbocycles. The fourth-order valence-corrected chi connectivity index (χ4v) is 11.7. The van der Waals surface area contributed by atoms with Gasteiger partial charge in [-0.05, 0) is 105 Å². The smallest absolute Gasteiger partial charge is 0.319 e. The molecule has 0 unspecified atom stereocenters. The zero-order valence-corrected chi connectivity index (χ0v) is 47.9. The lowest BCUT2D eigenvalue weighted by Crippen LogP contribution is -2.50. The number of H-pyrrole nitrogens is 1. The lowest BCUT2D eigenvalue weighted by Gasteiger charge is -2.31. The number of benzene rings is 4. The van der Waals surface area contributed by atoms with Crippen LogP contribution in [0.3, 0.4) is 0 Å². The molecular weight excluding hydrogens is 1060 g/mol. The van der Waals surface area contributed by atoms with Gasteiger partial charge in [-0.2, -0.15) is 20.2 Å². The lowest BCUT2D eigenvalue weighted by molar-refractivity contribution is -0.143. The van der Waals surface area contributed by atoms with Gasteiger partial charge in [0.2, 0.25) is 11.8 Å². The highest BCUT2D eigenvalue weighted by Gasteiger charge is 2.44. The fourth-order valence-electron chi connectivity index (χ4n) is 11.7. The third-order valence-electron chi connectivity index (χ3n) is 16.5. The molecule has 3 fully saturated rings. The Labute approximate surface area is 479 Å². The number of hydrogen-bond acceptors (Lipinski definition) is 15. The molecule has 2 amide bonds. The number of aliphatic hydroxyl groups excluding tert-OH is 2. The number of aryl methyl sites for hydroxylation is 1. The summed E-state index contributed by atoms with van der Waals surface area (Å²) in [5.74, 6) is -2.10. The van der Waals surface area contributed by atoms with Crippen LogP contribution in [0.25, 0.3) is 55.4 Å². The highest BCUT2D eigenvalue weighted by molar-refractivity contribution is 6.06. The largest absolute Gasteiger partial charge is 0.486 e. The molecule has 20 nitrogen and oxygen atoms in total. The van der Waals surface area contributed by atoms with Gasteiger partial charge in [-0.25, -0.2) is 13.5 Å². The van der Waals surface area contributed by atoms with Crippen LogP contribution in [0.15, 0.2) is 79.3 Å². The number of β-amino-alcohol motifs (C(OH)–C–C–N with tert-alkyl or cyclic N) is 1. The SMILES string of the molecule is CCn1nccc1-c1ccc([C@@H](NC(=O)[C@@H]2C[C@@H](O)CN2C(=O)[C@H](C(C)C)n2cc(-c3ccc(COc4c(-c5c(C)c(F)c(F)c6[nH]ncc56)c(C5CC5)cc5c(N(C)[C@H]6CCNC6)nc(OC[C@H](C)OC)nc45)cc3)nn2)[C@H](C)O)cc1. The number of anilines is 1. The first-order valence-electron chi connectivity index (χ1n) is 28.5. The van der Waals surface area contributed by atoms with Crippen molar-refractivity contribution in [2.45, 2.75) is 129 Å². The molecule has 7 atom stereocenters. The number of aliphatic hydroxyl groups is 2. The monoisotopic (exact) mass is 1140 g/mol. The number of aromatic nitrogens is 9. The molecule has 1 saturated carbocycles. The van der Waals surface area contributed by atoms with E-state index < -0.39 is 53.8 Å². The van der Waals surface area contributed by atoms with E-state index in [1.54, 1.807) is 33.4 Å². The summed E-state index contributed by atoms with van der Waals surface area (Å²) < 4.78 is 54.0. The molecule has 8 aromatic rings. The average Bonchev–Trinajstić information content (AvgIpc) is 2.21. The predicted octanol–water partition coefficient (Wildman–Crippen LogP) is 7.97. The first kappa shape index (κ1) is 56.9. The molecule has 436 valence electrons. The van der Waals surface area contributed by atoms with E-state index in [0.29, 0.717) is 57.0 Å². The first-order valence-corrected chi connectivity index (χ1v) is 28.5. The third kappa shape index (κ3) is 11.2. The molecule has 22 heteroatoms. The quantitative estimate of drug-likeness (QED) is 0.0459. The van der Waals surface area contributed by atoms with Crippen molar-refractivity contribution >= 4 is 39.4 Å². The molecule has 6 heterocycles. The minimum Gasteiger partial charge on any atom is -0.486 e. The molecule has 2 saturated heterocycles. The number of carbonyl (C=O) groups is 2. The van der Waals surface area contributed by atoms with E-state index in [0.717, 1.165) is 60.1 Å². The summed E-state index contributed by atoms with van der Waals surface area (Å²) in [5, 5.41) is 49.7. The molecule has 0 radical (unpaired) electrons. The second-order valence-corrected chi connectivity index (χ2v) is 22.6. The van der Waals surface area contributed by atoms with Gasteiger partial charge < -0.3 is 44.9 Å². The second-order valence-electron chi connectivity index (χ2n) is 22.6. The number of hydrogen-bond donors (Lipinski definition) is 5. The van der Waals surface area contributed by atoms with Crippen LogP contribution in [0, 0.1) is 24.5 Å². The molecule has 83 heavy (non-hydrogen) atoms. The molecule has 2 aliphatic heterocycles. The highest BCUT2D eigenvalue weighted by atomic mass is 19.2. The number of methoxy groups -OCH3 is 1. The van der Waals surface area contributed by atoms with Gasteiger partial charge in [0, 0.05) is 79.9 Å². The number of halogens is 2. The Morgan fingerprint density at radius 3 is 2.40 bits per heavy atom. The van der Waals surface area contributed by atoms with E-state index in [4.69, 9.17) is 24.2 Å². The van der Waals surface area contributed by atoms with Crippen molar-refractivity contribution in [3.05, 3.63) is 113 Å². The van der Waals surface area contributed by atoms with Gasteiger partial charge in [0.15, 0.2) is 17.4 Å². The molecule has 0 spiro atoms. The zero-order chi connectivity index (χ0) is 58.4. The lowest BCUT2D eigenvalue weighted by atomic mass is 9.88. The fraction of sp³-hybridized carbons (Fsp3) is 0.443. The van der Waals surface area contributed by atoms with E-state index in [2.05, 4.69) is 47.2 Å². The van der Waals surface area contributed by atoms with Gasteiger partial charge in [0.25, 0.3) is 0 Å². The third-order valence-corrected chi connectivity index (χ3v) is 16.5. The summed E-state index contributed by atoms with van der Waals surface area (Å²) in [5.41, 5.74) is 6.95. The Morgan fingerprint density at radius 2 is 1.71 bits per heavy atom. The van der Waals surface area contributed by atoms with Crippen molar-refractivity contribution in [1.29, 1.82) is 0 Å². The van der Waals surface area contributed by atoms with Gasteiger partial charge in [-0.15, -0.1) is 5.10 Å². The van der Waals surface area contributed by atoms with Crippen molar-refractivity contribution in [3.8, 4) is 45.4 Å². The maximum Gasteiger partial charge on any atom is 0.319 e. The second kappa shape index (κ2) is 23.7.